The van der Waals surface area contributed by atoms with E-state index in [1.54, 1.807) is 0 Å². The van der Waals surface area contributed by atoms with Crippen LogP contribution in [0.15, 0.2) is 0 Å². The molecule has 1 aliphatic carbocycles. The molecule has 2 aliphatic rings. The molecule has 2 fully saturated rings. The number of likely N-dealkylation sites (N-methyl/N-ethyl adjacent to an activating group) is 1. The van der Waals surface area contributed by atoms with Crippen LogP contribution in [0.4, 0.5) is 0 Å². The Morgan fingerprint density at radius 3 is 2.83 bits per heavy atom. The molecule has 0 spiro atoms. The number of nitrogens with one attached hydrogen (secondary N) is 2. The van der Waals surface area contributed by atoms with E-state index < -0.39 is 0 Å². The van der Waals surface area contributed by atoms with Crippen molar-refractivity contribution in [3.8, 4) is 0 Å². The zero-order valence-electron chi connectivity index (χ0n) is 11.6. The molecular weight excluding hydrogens is 226 g/mol. The maximum Gasteiger partial charge on any atom is 0.238 e. The molecule has 0 aromatic carbocycles. The summed E-state index contributed by atoms with van der Waals surface area (Å²) in [5, 5.41) is 6.38. The van der Waals surface area contributed by atoms with Crippen molar-refractivity contribution < 1.29 is 4.79 Å². The summed E-state index contributed by atoms with van der Waals surface area (Å²) < 4.78 is 0. The minimum absolute atomic E-state index is 0.0184. The van der Waals surface area contributed by atoms with Crippen molar-refractivity contribution in [3.05, 3.63) is 0 Å². The van der Waals surface area contributed by atoms with Gasteiger partial charge in [-0.25, -0.2) is 0 Å². The second-order valence-corrected chi connectivity index (χ2v) is 5.85. The Hall–Kier alpha value is -0.610. The van der Waals surface area contributed by atoms with Crippen LogP contribution in [0.25, 0.3) is 0 Å². The Kier molecular flexibility index (Phi) is 5.45. The maximum absolute atomic E-state index is 12.0. The molecule has 0 aromatic rings. The lowest BCUT2D eigenvalue weighted by atomic mass is 9.87. The highest BCUT2D eigenvalue weighted by molar-refractivity contribution is 5.82. The predicted octanol–water partition coefficient (Wildman–Crippen LogP) is 0.977. The summed E-state index contributed by atoms with van der Waals surface area (Å²) in [6, 6.07) is -0.0184. The lowest BCUT2D eigenvalue weighted by Crippen LogP contribution is -2.56. The lowest BCUT2D eigenvalue weighted by molar-refractivity contribution is -0.124. The Bertz CT molecular complexity index is 264. The van der Waals surface area contributed by atoms with Gasteiger partial charge in [0.05, 0.1) is 6.04 Å². The van der Waals surface area contributed by atoms with Gasteiger partial charge in [-0.05, 0) is 19.4 Å². The van der Waals surface area contributed by atoms with Gasteiger partial charge in [-0.3, -0.25) is 4.79 Å². The average Bonchev–Trinajstić information content (AvgIpc) is 2.40. The van der Waals surface area contributed by atoms with E-state index in [9.17, 15) is 4.79 Å². The number of hydrogen-bond acceptors (Lipinski definition) is 3. The number of carbonyl (C=O) groups is 1. The number of carbonyl (C=O) groups excluding carboxylic acids is 1. The molecule has 1 saturated carbocycles. The minimum atomic E-state index is -0.0184. The molecule has 1 atom stereocenters. The van der Waals surface area contributed by atoms with Gasteiger partial charge in [-0.2, -0.15) is 0 Å². The van der Waals surface area contributed by atoms with Gasteiger partial charge in [0, 0.05) is 26.2 Å². The van der Waals surface area contributed by atoms with Gasteiger partial charge in [-0.1, -0.05) is 32.1 Å². The molecule has 0 aromatic heterocycles. The van der Waals surface area contributed by atoms with Gasteiger partial charge < -0.3 is 15.5 Å². The molecule has 0 radical (unpaired) electrons. The monoisotopic (exact) mass is 253 g/mol. The van der Waals surface area contributed by atoms with Crippen molar-refractivity contribution in [1.82, 2.24) is 15.5 Å². The summed E-state index contributed by atoms with van der Waals surface area (Å²) in [5.74, 6) is 1.03. The van der Waals surface area contributed by atoms with E-state index >= 15 is 0 Å². The summed E-state index contributed by atoms with van der Waals surface area (Å²) in [7, 11) is 2.07. The van der Waals surface area contributed by atoms with Gasteiger partial charge >= 0.3 is 0 Å². The summed E-state index contributed by atoms with van der Waals surface area (Å²) in [5.41, 5.74) is 0. The van der Waals surface area contributed by atoms with Crippen LogP contribution in [-0.2, 0) is 4.79 Å². The van der Waals surface area contributed by atoms with E-state index in [2.05, 4.69) is 22.6 Å². The van der Waals surface area contributed by atoms with Crippen LogP contribution >= 0.6 is 0 Å². The van der Waals surface area contributed by atoms with Crippen LogP contribution < -0.4 is 10.6 Å². The van der Waals surface area contributed by atoms with E-state index in [0.717, 1.165) is 38.5 Å². The van der Waals surface area contributed by atoms with Gasteiger partial charge in [0.2, 0.25) is 5.91 Å². The van der Waals surface area contributed by atoms with E-state index in [1.165, 1.54) is 32.1 Å². The normalized spacial score (nSPS) is 27.1. The molecule has 4 heteroatoms. The van der Waals surface area contributed by atoms with E-state index in [-0.39, 0.29) is 11.9 Å². The topological polar surface area (TPSA) is 44.4 Å². The Morgan fingerprint density at radius 1 is 1.33 bits per heavy atom. The molecule has 1 unspecified atom stereocenters. The largest absolute Gasteiger partial charge is 0.355 e. The predicted molar refractivity (Wildman–Crippen MR) is 73.5 cm³/mol. The van der Waals surface area contributed by atoms with Crippen molar-refractivity contribution in [2.75, 3.05) is 33.2 Å². The van der Waals surface area contributed by atoms with E-state index in [1.807, 2.05) is 0 Å². The smallest absolute Gasteiger partial charge is 0.238 e. The zero-order valence-corrected chi connectivity index (χ0v) is 11.6. The quantitative estimate of drug-likeness (QED) is 0.785. The molecule has 1 amide bonds. The fourth-order valence-corrected chi connectivity index (χ4v) is 3.07. The van der Waals surface area contributed by atoms with Crippen LogP contribution in [0.3, 0.4) is 0 Å². The lowest BCUT2D eigenvalue weighted by Gasteiger charge is -2.30. The summed E-state index contributed by atoms with van der Waals surface area (Å²) >= 11 is 0. The van der Waals surface area contributed by atoms with Crippen molar-refractivity contribution in [3.63, 3.8) is 0 Å². The first-order chi connectivity index (χ1) is 8.75. The highest BCUT2D eigenvalue weighted by Crippen LogP contribution is 2.25. The third kappa shape index (κ3) is 4.25. The molecular formula is C14H27N3O. The number of nitrogens with zero attached hydrogens (tertiary/aromatic N) is 1. The zero-order chi connectivity index (χ0) is 12.8. The van der Waals surface area contributed by atoms with E-state index in [0.29, 0.717) is 0 Å². The second kappa shape index (κ2) is 7.10. The van der Waals surface area contributed by atoms with Gasteiger partial charge in [0.15, 0.2) is 0 Å². The van der Waals surface area contributed by atoms with Crippen molar-refractivity contribution in [2.24, 2.45) is 5.92 Å². The van der Waals surface area contributed by atoms with Gasteiger partial charge in [0.1, 0.15) is 0 Å². The van der Waals surface area contributed by atoms with Crippen LogP contribution in [0.2, 0.25) is 0 Å². The standard InChI is InChI=1S/C14H27N3O/c1-17-10-9-15-13(11-17)14(18)16-8-7-12-5-3-2-4-6-12/h12-13,15H,2-11H2,1H3,(H,16,18). The Morgan fingerprint density at radius 2 is 2.11 bits per heavy atom. The van der Waals surface area contributed by atoms with Crippen molar-refractivity contribution in [1.29, 1.82) is 0 Å². The van der Waals surface area contributed by atoms with Crippen LogP contribution in [-0.4, -0.2) is 50.1 Å². The van der Waals surface area contributed by atoms with Crippen LogP contribution in [0.1, 0.15) is 38.5 Å². The molecule has 104 valence electrons. The first-order valence-corrected chi connectivity index (χ1v) is 7.45. The summed E-state index contributed by atoms with van der Waals surface area (Å²) in [6.07, 6.45) is 8.05. The third-order valence-corrected chi connectivity index (χ3v) is 4.27. The highest BCUT2D eigenvalue weighted by Gasteiger charge is 2.23. The van der Waals surface area contributed by atoms with Gasteiger partial charge in [-0.15, -0.1) is 0 Å². The SMILES string of the molecule is CN1CCNC(C(=O)NCCC2CCCCC2)C1. The number of hydrogen-bond donors (Lipinski definition) is 2. The number of amides is 1. The first-order valence-electron chi connectivity index (χ1n) is 7.45. The fourth-order valence-electron chi connectivity index (χ4n) is 3.07. The fraction of sp³-hybridized carbons (Fsp3) is 0.929. The average molecular weight is 253 g/mol. The second-order valence-electron chi connectivity index (χ2n) is 5.85. The number of rotatable bonds is 4. The van der Waals surface area contributed by atoms with Crippen molar-refractivity contribution in [2.45, 2.75) is 44.6 Å². The van der Waals surface area contributed by atoms with Crippen LogP contribution in [0.5, 0.6) is 0 Å². The highest BCUT2D eigenvalue weighted by atomic mass is 16.2. The number of piperazine rings is 1. The summed E-state index contributed by atoms with van der Waals surface area (Å²) in [4.78, 5) is 14.2. The molecule has 1 saturated heterocycles. The molecule has 4 nitrogen and oxygen atoms in total. The van der Waals surface area contributed by atoms with Crippen LogP contribution in [0, 0.1) is 5.92 Å². The van der Waals surface area contributed by atoms with E-state index in [4.69, 9.17) is 0 Å². The Balaban J connectivity index is 1.61. The van der Waals surface area contributed by atoms with Gasteiger partial charge in [0.25, 0.3) is 0 Å². The first kappa shape index (κ1) is 13.8. The molecule has 2 N–H and O–H groups in total. The molecule has 0 bridgehead atoms. The molecule has 1 aliphatic heterocycles. The summed E-state index contributed by atoms with van der Waals surface area (Å²) in [6.45, 7) is 3.63. The van der Waals surface area contributed by atoms with Crippen molar-refractivity contribution >= 4 is 5.91 Å². The maximum atomic E-state index is 12.0. The molecule has 1 heterocycles. The molecule has 2 rings (SSSR count). The minimum Gasteiger partial charge on any atom is -0.355 e. The Labute approximate surface area is 110 Å². The third-order valence-electron chi connectivity index (χ3n) is 4.27. The molecule has 18 heavy (non-hydrogen) atoms.